The van der Waals surface area contributed by atoms with Gasteiger partial charge in [-0.25, -0.2) is 0 Å². The van der Waals surface area contributed by atoms with E-state index in [-0.39, 0.29) is 10.8 Å². The maximum atomic E-state index is 2.56. The van der Waals surface area contributed by atoms with Crippen molar-refractivity contribution in [2.24, 2.45) is 0 Å². The van der Waals surface area contributed by atoms with Gasteiger partial charge in [0.25, 0.3) is 0 Å². The largest absolute Gasteiger partial charge is 0.310 e. The second-order valence-electron chi connectivity index (χ2n) is 16.9. The zero-order chi connectivity index (χ0) is 37.8. The number of benzene rings is 8. The fraction of sp³-hybridized carbons (Fsp3) is 0.127. The predicted octanol–water partition coefficient (Wildman–Crippen LogP) is 14.1. The number of anilines is 3. The molecule has 1 nitrogen and oxygen atoms in total. The van der Waals surface area contributed by atoms with Gasteiger partial charge >= 0.3 is 0 Å². The number of hydrogen-bond acceptors (Lipinski definition) is 1. The molecule has 0 saturated carbocycles. The van der Waals surface area contributed by atoms with E-state index in [1.54, 1.807) is 0 Å². The van der Waals surface area contributed by atoms with Crippen molar-refractivity contribution < 1.29 is 0 Å². The molecule has 0 unspecified atom stereocenters. The maximum absolute atomic E-state index is 2.56. The molecule has 0 atom stereocenters. The lowest BCUT2D eigenvalue weighted by Crippen LogP contribution is -2.28. The van der Waals surface area contributed by atoms with E-state index in [1.165, 1.54) is 89.3 Å². The molecule has 0 saturated heterocycles. The highest BCUT2D eigenvalue weighted by Crippen LogP contribution is 2.59. The van der Waals surface area contributed by atoms with Crippen molar-refractivity contribution in [3.05, 3.63) is 233 Å². The zero-order valence-electron chi connectivity index (χ0n) is 32.3. The van der Waals surface area contributed by atoms with E-state index in [1.807, 2.05) is 0 Å². The molecular formula is C55H43N. The van der Waals surface area contributed by atoms with E-state index in [2.05, 4.69) is 221 Å². The van der Waals surface area contributed by atoms with Crippen LogP contribution in [-0.4, -0.2) is 0 Å². The Labute approximate surface area is 330 Å². The molecule has 8 aromatic carbocycles. The van der Waals surface area contributed by atoms with Crippen molar-refractivity contribution in [2.45, 2.75) is 43.9 Å². The first kappa shape index (κ1) is 32.9. The summed E-state index contributed by atoms with van der Waals surface area (Å²) in [6.45, 7) is 9.51. The first-order valence-corrected chi connectivity index (χ1v) is 19.9. The topological polar surface area (TPSA) is 3.24 Å². The van der Waals surface area contributed by atoms with Crippen molar-refractivity contribution >= 4 is 17.1 Å². The summed E-state index contributed by atoms with van der Waals surface area (Å²) >= 11 is 0. The van der Waals surface area contributed by atoms with Gasteiger partial charge in [-0.05, 0) is 103 Å². The van der Waals surface area contributed by atoms with Gasteiger partial charge in [0, 0.05) is 27.8 Å². The highest BCUT2D eigenvalue weighted by Gasteiger charge is 2.47. The second-order valence-corrected chi connectivity index (χ2v) is 16.9. The van der Waals surface area contributed by atoms with Gasteiger partial charge in [-0.1, -0.05) is 185 Å². The molecule has 0 radical (unpaired) electrons. The molecule has 0 spiro atoms. The Kier molecular flexibility index (Phi) is 6.93. The highest BCUT2D eigenvalue weighted by molar-refractivity contribution is 5.97. The third kappa shape index (κ3) is 4.32. The van der Waals surface area contributed by atoms with Crippen molar-refractivity contribution in [3.63, 3.8) is 0 Å². The normalized spacial score (nSPS) is 15.6. The average Bonchev–Trinajstić information content (AvgIpc) is 3.77. The summed E-state index contributed by atoms with van der Waals surface area (Å²) in [5.74, 6) is 0. The fourth-order valence-electron chi connectivity index (χ4n) is 10.8. The third-order valence-corrected chi connectivity index (χ3v) is 13.4. The van der Waals surface area contributed by atoms with Crippen LogP contribution in [0.5, 0.6) is 0 Å². The Hall–Kier alpha value is -6.44. The van der Waals surface area contributed by atoms with Crippen LogP contribution in [0.2, 0.25) is 0 Å². The highest BCUT2D eigenvalue weighted by atomic mass is 15.1. The SMILES string of the molecule is CC1(C)c2ccccc2-c2ccc(N(c3ccc4c(c3)C(c3ccccc3)(c3ccccc3)c3ccccc3-4)c3cccc4c3-c3ccccc3C4(C)C)cc21. The summed E-state index contributed by atoms with van der Waals surface area (Å²) in [7, 11) is 0. The molecule has 0 bridgehead atoms. The number of fused-ring (bicyclic) bond motifs is 9. The summed E-state index contributed by atoms with van der Waals surface area (Å²) in [6.07, 6.45) is 0. The predicted molar refractivity (Wildman–Crippen MR) is 234 cm³/mol. The summed E-state index contributed by atoms with van der Waals surface area (Å²) in [5.41, 5.74) is 21.3. The lowest BCUT2D eigenvalue weighted by Gasteiger charge is -2.35. The van der Waals surface area contributed by atoms with Gasteiger partial charge in [-0.15, -0.1) is 0 Å². The van der Waals surface area contributed by atoms with Crippen LogP contribution in [0.1, 0.15) is 72.2 Å². The monoisotopic (exact) mass is 717 g/mol. The molecule has 0 aromatic heterocycles. The van der Waals surface area contributed by atoms with Crippen LogP contribution in [0.4, 0.5) is 17.1 Å². The van der Waals surface area contributed by atoms with Crippen LogP contribution in [0, 0.1) is 0 Å². The van der Waals surface area contributed by atoms with E-state index < -0.39 is 5.41 Å². The molecule has 1 heteroatoms. The van der Waals surface area contributed by atoms with Crippen molar-refractivity contribution in [1.29, 1.82) is 0 Å². The van der Waals surface area contributed by atoms with Gasteiger partial charge in [-0.2, -0.15) is 0 Å². The van der Waals surface area contributed by atoms with Crippen molar-refractivity contribution in [2.75, 3.05) is 4.90 Å². The lowest BCUT2D eigenvalue weighted by molar-refractivity contribution is 0.660. The third-order valence-electron chi connectivity index (χ3n) is 13.4. The van der Waals surface area contributed by atoms with Crippen molar-refractivity contribution in [1.82, 2.24) is 0 Å². The molecule has 0 N–H and O–H groups in total. The first-order valence-electron chi connectivity index (χ1n) is 19.9. The molecule has 56 heavy (non-hydrogen) atoms. The molecule has 268 valence electrons. The Morgan fingerprint density at radius 3 is 1.38 bits per heavy atom. The van der Waals surface area contributed by atoms with E-state index in [9.17, 15) is 0 Å². The van der Waals surface area contributed by atoms with E-state index in [4.69, 9.17) is 0 Å². The molecule has 0 heterocycles. The van der Waals surface area contributed by atoms with Crippen LogP contribution < -0.4 is 4.90 Å². The smallest absolute Gasteiger partial charge is 0.0714 e. The van der Waals surface area contributed by atoms with Crippen LogP contribution >= 0.6 is 0 Å². The Morgan fingerprint density at radius 1 is 0.321 bits per heavy atom. The maximum Gasteiger partial charge on any atom is 0.0714 e. The quantitative estimate of drug-likeness (QED) is 0.171. The van der Waals surface area contributed by atoms with Crippen LogP contribution in [0.25, 0.3) is 33.4 Å². The molecule has 0 amide bonds. The van der Waals surface area contributed by atoms with Crippen LogP contribution in [0.3, 0.4) is 0 Å². The molecular weight excluding hydrogens is 675 g/mol. The number of nitrogens with zero attached hydrogens (tertiary/aromatic N) is 1. The van der Waals surface area contributed by atoms with E-state index in [0.29, 0.717) is 0 Å². The molecule has 0 aliphatic heterocycles. The first-order chi connectivity index (χ1) is 27.3. The molecule has 0 fully saturated rings. The summed E-state index contributed by atoms with van der Waals surface area (Å²) < 4.78 is 0. The summed E-state index contributed by atoms with van der Waals surface area (Å²) in [4.78, 5) is 2.56. The Morgan fingerprint density at radius 2 is 0.750 bits per heavy atom. The Balaban J connectivity index is 1.22. The number of rotatable bonds is 5. The van der Waals surface area contributed by atoms with Gasteiger partial charge in [0.1, 0.15) is 0 Å². The fourth-order valence-corrected chi connectivity index (χ4v) is 10.8. The minimum Gasteiger partial charge on any atom is -0.310 e. The standard InChI is InChI=1S/C55H43N/c1-53(2)46-26-15-13-24-44(46)52-48(53)28-17-29-51(52)56(38-30-32-42-40-22-11-14-25-45(40)54(3,4)49(42)34-38)39-31-33-43-41-23-12-16-27-47(41)55(50(43)35-39,36-18-7-5-8-19-36)37-20-9-6-10-21-37/h5-35H,1-4H3. The van der Waals surface area contributed by atoms with Gasteiger partial charge < -0.3 is 4.90 Å². The Bertz CT molecular complexity index is 2820. The molecule has 3 aliphatic rings. The lowest BCUT2D eigenvalue weighted by atomic mass is 9.67. The van der Waals surface area contributed by atoms with Crippen molar-refractivity contribution in [3.8, 4) is 33.4 Å². The van der Waals surface area contributed by atoms with Gasteiger partial charge in [0.2, 0.25) is 0 Å². The summed E-state index contributed by atoms with van der Waals surface area (Å²) in [6, 6.07) is 70.7. The van der Waals surface area contributed by atoms with Gasteiger partial charge in [0.05, 0.1) is 11.1 Å². The minimum absolute atomic E-state index is 0.121. The van der Waals surface area contributed by atoms with Crippen LogP contribution in [-0.2, 0) is 16.2 Å². The summed E-state index contributed by atoms with van der Waals surface area (Å²) in [5, 5.41) is 0. The minimum atomic E-state index is -0.495. The molecule has 3 aliphatic carbocycles. The number of hydrogen-bond donors (Lipinski definition) is 0. The average molecular weight is 718 g/mol. The van der Waals surface area contributed by atoms with E-state index in [0.717, 1.165) is 5.69 Å². The van der Waals surface area contributed by atoms with E-state index >= 15 is 0 Å². The van der Waals surface area contributed by atoms with Crippen LogP contribution in [0.15, 0.2) is 188 Å². The molecule has 11 rings (SSSR count). The second kappa shape index (κ2) is 11.8. The van der Waals surface area contributed by atoms with Gasteiger partial charge in [-0.3, -0.25) is 0 Å². The van der Waals surface area contributed by atoms with Gasteiger partial charge in [0.15, 0.2) is 0 Å². The zero-order valence-corrected chi connectivity index (χ0v) is 32.3. The molecule has 8 aromatic rings.